The molecule has 0 unspecified atom stereocenters. The number of hydrogen-bond acceptors (Lipinski definition) is 1. The Hall–Kier alpha value is -1.11. The Morgan fingerprint density at radius 2 is 2.08 bits per heavy atom. The number of aryl methyl sites for hydroxylation is 1. The normalized spacial score (nSPS) is 30.3. The summed E-state index contributed by atoms with van der Waals surface area (Å²) in [5.41, 5.74) is 2.26. The van der Waals surface area contributed by atoms with Gasteiger partial charge in [0.1, 0.15) is 0 Å². The van der Waals surface area contributed by atoms with E-state index in [-0.39, 0.29) is 0 Å². The molecule has 1 heteroatoms. The van der Waals surface area contributed by atoms with Gasteiger partial charge >= 0.3 is 0 Å². The molecule has 66 valence electrons. The van der Waals surface area contributed by atoms with Crippen molar-refractivity contribution in [2.24, 2.45) is 11.8 Å². The molecule has 1 nitrogen and oxygen atoms in total. The maximum absolute atomic E-state index is 11.9. The maximum Gasteiger partial charge on any atom is 0.166 e. The first kappa shape index (κ1) is 7.31. The number of hydrogen-bond donors (Lipinski definition) is 0. The SMILES string of the molecule is O=C1c2ccccc2CC[C@H]2C[C@@H]12. The van der Waals surface area contributed by atoms with Crippen LogP contribution in [0.15, 0.2) is 24.3 Å². The molecule has 0 amide bonds. The molecule has 0 heterocycles. The fourth-order valence-corrected chi connectivity index (χ4v) is 2.41. The number of rotatable bonds is 0. The average molecular weight is 172 g/mol. The zero-order chi connectivity index (χ0) is 8.84. The molecule has 0 aromatic heterocycles. The molecule has 0 radical (unpaired) electrons. The summed E-state index contributed by atoms with van der Waals surface area (Å²) in [6.45, 7) is 0. The molecule has 1 aromatic rings. The van der Waals surface area contributed by atoms with E-state index >= 15 is 0 Å². The number of carbonyl (C=O) groups excluding carboxylic acids is 1. The summed E-state index contributed by atoms with van der Waals surface area (Å²) in [5.74, 6) is 1.49. The van der Waals surface area contributed by atoms with Gasteiger partial charge in [0.2, 0.25) is 0 Å². The van der Waals surface area contributed by atoms with Crippen molar-refractivity contribution in [2.75, 3.05) is 0 Å². The van der Waals surface area contributed by atoms with Gasteiger partial charge in [-0.1, -0.05) is 24.3 Å². The number of benzene rings is 1. The third-order valence-corrected chi connectivity index (χ3v) is 3.33. The van der Waals surface area contributed by atoms with Crippen LogP contribution >= 0.6 is 0 Å². The van der Waals surface area contributed by atoms with Crippen LogP contribution in [0.2, 0.25) is 0 Å². The molecule has 1 fully saturated rings. The summed E-state index contributed by atoms with van der Waals surface area (Å²) < 4.78 is 0. The number of ketones is 1. The van der Waals surface area contributed by atoms with E-state index in [1.54, 1.807) is 0 Å². The number of carbonyl (C=O) groups is 1. The minimum Gasteiger partial charge on any atom is -0.294 e. The Labute approximate surface area is 77.8 Å². The van der Waals surface area contributed by atoms with Crippen molar-refractivity contribution in [1.82, 2.24) is 0 Å². The lowest BCUT2D eigenvalue weighted by atomic mass is 10.0. The van der Waals surface area contributed by atoms with Crippen LogP contribution in [0.5, 0.6) is 0 Å². The van der Waals surface area contributed by atoms with E-state index < -0.39 is 0 Å². The summed E-state index contributed by atoms with van der Waals surface area (Å²) in [5, 5.41) is 0. The van der Waals surface area contributed by atoms with Gasteiger partial charge < -0.3 is 0 Å². The van der Waals surface area contributed by atoms with Gasteiger partial charge in [0.25, 0.3) is 0 Å². The third kappa shape index (κ3) is 1.03. The number of Topliss-reactive ketones (excluding diaryl/α,β-unsaturated/α-hetero) is 1. The molecule has 1 saturated carbocycles. The highest BCUT2D eigenvalue weighted by atomic mass is 16.1. The molecular formula is C12H12O. The zero-order valence-electron chi connectivity index (χ0n) is 7.49. The topological polar surface area (TPSA) is 17.1 Å². The van der Waals surface area contributed by atoms with E-state index in [1.807, 2.05) is 18.2 Å². The fraction of sp³-hybridized carbons (Fsp3) is 0.417. The lowest BCUT2D eigenvalue weighted by Gasteiger charge is -2.03. The van der Waals surface area contributed by atoms with Gasteiger partial charge in [-0.25, -0.2) is 0 Å². The molecule has 3 rings (SSSR count). The smallest absolute Gasteiger partial charge is 0.166 e. The molecular weight excluding hydrogens is 160 g/mol. The second-order valence-corrected chi connectivity index (χ2v) is 4.16. The minimum atomic E-state index is 0.378. The van der Waals surface area contributed by atoms with Crippen LogP contribution in [-0.4, -0.2) is 5.78 Å². The molecule has 0 aliphatic heterocycles. The van der Waals surface area contributed by atoms with Gasteiger partial charge in [0.15, 0.2) is 5.78 Å². The van der Waals surface area contributed by atoms with Crippen molar-refractivity contribution in [3.05, 3.63) is 35.4 Å². The van der Waals surface area contributed by atoms with Gasteiger partial charge in [-0.15, -0.1) is 0 Å². The molecule has 1 aromatic carbocycles. The van der Waals surface area contributed by atoms with Gasteiger partial charge in [-0.3, -0.25) is 4.79 Å². The van der Waals surface area contributed by atoms with E-state index in [0.717, 1.165) is 18.4 Å². The Bertz CT molecular complexity index is 367. The van der Waals surface area contributed by atoms with Gasteiger partial charge in [0.05, 0.1) is 0 Å². The van der Waals surface area contributed by atoms with Crippen LogP contribution in [-0.2, 0) is 6.42 Å². The van der Waals surface area contributed by atoms with Crippen LogP contribution in [0.4, 0.5) is 0 Å². The predicted octanol–water partition coefficient (Wildman–Crippen LogP) is 2.45. The van der Waals surface area contributed by atoms with E-state index in [4.69, 9.17) is 0 Å². The monoisotopic (exact) mass is 172 g/mol. The molecule has 0 spiro atoms. The Balaban J connectivity index is 2.11. The fourth-order valence-electron chi connectivity index (χ4n) is 2.41. The third-order valence-electron chi connectivity index (χ3n) is 3.33. The molecule has 0 N–H and O–H groups in total. The Kier molecular flexibility index (Phi) is 1.37. The van der Waals surface area contributed by atoms with E-state index in [2.05, 4.69) is 6.07 Å². The van der Waals surface area contributed by atoms with Crippen LogP contribution in [0.25, 0.3) is 0 Å². The second-order valence-electron chi connectivity index (χ2n) is 4.16. The van der Waals surface area contributed by atoms with Crippen molar-refractivity contribution in [3.63, 3.8) is 0 Å². The predicted molar refractivity (Wildman–Crippen MR) is 50.7 cm³/mol. The first-order valence-corrected chi connectivity index (χ1v) is 4.98. The van der Waals surface area contributed by atoms with Crippen molar-refractivity contribution < 1.29 is 4.79 Å². The van der Waals surface area contributed by atoms with Gasteiger partial charge in [-0.2, -0.15) is 0 Å². The van der Waals surface area contributed by atoms with Crippen molar-refractivity contribution in [1.29, 1.82) is 0 Å². The van der Waals surface area contributed by atoms with Crippen molar-refractivity contribution >= 4 is 5.78 Å². The highest BCUT2D eigenvalue weighted by Gasteiger charge is 2.44. The highest BCUT2D eigenvalue weighted by Crippen LogP contribution is 2.46. The summed E-state index contributed by atoms with van der Waals surface area (Å²) in [6.07, 6.45) is 3.46. The van der Waals surface area contributed by atoms with E-state index in [9.17, 15) is 4.79 Å². The van der Waals surface area contributed by atoms with E-state index in [0.29, 0.717) is 17.6 Å². The quantitative estimate of drug-likeness (QED) is 0.587. The van der Waals surface area contributed by atoms with Crippen molar-refractivity contribution in [2.45, 2.75) is 19.3 Å². The Morgan fingerprint density at radius 1 is 1.23 bits per heavy atom. The van der Waals surface area contributed by atoms with Gasteiger partial charge in [-0.05, 0) is 30.7 Å². The standard InChI is InChI=1S/C12H12O/c13-12-10-4-2-1-3-8(10)5-6-9-7-11(9)12/h1-4,9,11H,5-7H2/t9-,11+/m0/s1. The largest absolute Gasteiger partial charge is 0.294 e. The molecule has 13 heavy (non-hydrogen) atoms. The molecule has 0 bridgehead atoms. The van der Waals surface area contributed by atoms with Crippen LogP contribution in [0, 0.1) is 11.8 Å². The first-order chi connectivity index (χ1) is 6.36. The average Bonchev–Trinajstić information content (AvgIpc) is 2.92. The maximum atomic E-state index is 11.9. The Morgan fingerprint density at radius 3 is 3.00 bits per heavy atom. The lowest BCUT2D eigenvalue weighted by Crippen LogP contribution is -2.03. The van der Waals surface area contributed by atoms with E-state index in [1.165, 1.54) is 12.0 Å². The summed E-state index contributed by atoms with van der Waals surface area (Å²) in [4.78, 5) is 11.9. The molecule has 0 saturated heterocycles. The first-order valence-electron chi connectivity index (χ1n) is 4.98. The highest BCUT2D eigenvalue weighted by molar-refractivity contribution is 6.01. The second kappa shape index (κ2) is 2.44. The summed E-state index contributed by atoms with van der Waals surface area (Å²) in [7, 11) is 0. The minimum absolute atomic E-state index is 0.378. The summed E-state index contributed by atoms with van der Waals surface area (Å²) in [6, 6.07) is 8.08. The van der Waals surface area contributed by atoms with Gasteiger partial charge in [0, 0.05) is 11.5 Å². The van der Waals surface area contributed by atoms with Crippen LogP contribution < -0.4 is 0 Å². The summed E-state index contributed by atoms with van der Waals surface area (Å²) >= 11 is 0. The number of fused-ring (bicyclic) bond motifs is 2. The zero-order valence-corrected chi connectivity index (χ0v) is 7.49. The lowest BCUT2D eigenvalue weighted by molar-refractivity contribution is 0.0962. The van der Waals surface area contributed by atoms with Crippen LogP contribution in [0.1, 0.15) is 28.8 Å². The molecule has 2 aliphatic rings. The molecule has 2 atom stereocenters. The molecule has 2 aliphatic carbocycles. The van der Waals surface area contributed by atoms with Crippen LogP contribution in [0.3, 0.4) is 0 Å². The van der Waals surface area contributed by atoms with Crippen molar-refractivity contribution in [3.8, 4) is 0 Å².